The predicted molar refractivity (Wildman–Crippen MR) is 136 cm³/mol. The molecule has 1 rings (SSSR count). The second kappa shape index (κ2) is 14.8. The van der Waals surface area contributed by atoms with Gasteiger partial charge in [-0.1, -0.05) is 36.2 Å². The van der Waals surface area contributed by atoms with E-state index in [4.69, 9.17) is 13.9 Å². The lowest BCUT2D eigenvalue weighted by Crippen LogP contribution is -2.44. The van der Waals surface area contributed by atoms with E-state index in [-0.39, 0.29) is 35.9 Å². The van der Waals surface area contributed by atoms with Gasteiger partial charge in [0.25, 0.3) is 5.91 Å². The molecule has 0 fully saturated rings. The average Bonchev–Trinajstić information content (AvgIpc) is 3.31. The molecule has 2 unspecified atom stereocenters. The molecule has 1 heterocycles. The highest BCUT2D eigenvalue weighted by atomic mass is 79.9. The van der Waals surface area contributed by atoms with Gasteiger partial charge in [0.05, 0.1) is 19.4 Å². The van der Waals surface area contributed by atoms with Crippen molar-refractivity contribution in [3.8, 4) is 0 Å². The Balaban J connectivity index is 2.22. The Morgan fingerprint density at radius 3 is 2.29 bits per heavy atom. The standard InChI is InChI=1S/C26H42BrNO6/c1-19(17-27)20(2)22(29)13-16-34-25(3,4)23(30)12-8-7-9-15-33-26(5,6)24(31)28-18-21-11-10-14-32-21/h10-11,14,19-20H,7-9,12-13,15-18H2,1-6H3,(H,28,31). The third-order valence-electron chi connectivity index (χ3n) is 6.15. The summed E-state index contributed by atoms with van der Waals surface area (Å²) in [6.45, 7) is 12.0. The summed E-state index contributed by atoms with van der Waals surface area (Å²) in [4.78, 5) is 37.2. The van der Waals surface area contributed by atoms with E-state index in [0.29, 0.717) is 31.8 Å². The highest BCUT2D eigenvalue weighted by Gasteiger charge is 2.29. The molecular formula is C26H42BrNO6. The summed E-state index contributed by atoms with van der Waals surface area (Å²) in [5.74, 6) is 0.913. The first kappa shape index (κ1) is 30.5. The van der Waals surface area contributed by atoms with Crippen LogP contribution < -0.4 is 5.32 Å². The first-order valence-electron chi connectivity index (χ1n) is 12.1. The molecule has 0 aliphatic rings. The second-order valence-corrected chi connectivity index (χ2v) is 10.5. The Kier molecular flexibility index (Phi) is 13.3. The van der Waals surface area contributed by atoms with Gasteiger partial charge in [-0.15, -0.1) is 0 Å². The van der Waals surface area contributed by atoms with Crippen molar-refractivity contribution in [2.75, 3.05) is 18.5 Å². The third-order valence-corrected chi connectivity index (χ3v) is 7.17. The fraction of sp³-hybridized carbons (Fsp3) is 0.731. The van der Waals surface area contributed by atoms with Crippen LogP contribution in [0.15, 0.2) is 22.8 Å². The van der Waals surface area contributed by atoms with Crippen LogP contribution in [0.2, 0.25) is 0 Å². The maximum atomic E-state index is 12.6. The van der Waals surface area contributed by atoms with Crippen LogP contribution >= 0.6 is 15.9 Å². The zero-order valence-electron chi connectivity index (χ0n) is 21.6. The molecule has 1 N–H and O–H groups in total. The van der Waals surface area contributed by atoms with Crippen LogP contribution in [0.4, 0.5) is 0 Å². The van der Waals surface area contributed by atoms with Gasteiger partial charge < -0.3 is 19.2 Å². The van der Waals surface area contributed by atoms with Gasteiger partial charge in [-0.2, -0.15) is 0 Å². The number of unbranched alkanes of at least 4 members (excludes halogenated alkanes) is 2. The van der Waals surface area contributed by atoms with Gasteiger partial charge in [0.1, 0.15) is 22.7 Å². The summed E-state index contributed by atoms with van der Waals surface area (Å²) >= 11 is 3.41. The van der Waals surface area contributed by atoms with Crippen molar-refractivity contribution in [2.24, 2.45) is 11.8 Å². The number of carbonyl (C=O) groups is 3. The average molecular weight is 545 g/mol. The van der Waals surface area contributed by atoms with Crippen molar-refractivity contribution in [1.82, 2.24) is 5.32 Å². The highest BCUT2D eigenvalue weighted by Crippen LogP contribution is 2.19. The normalized spacial score (nSPS) is 14.0. The van der Waals surface area contributed by atoms with Gasteiger partial charge in [-0.05, 0) is 58.6 Å². The van der Waals surface area contributed by atoms with Crippen LogP contribution in [-0.2, 0) is 30.4 Å². The molecule has 34 heavy (non-hydrogen) atoms. The van der Waals surface area contributed by atoms with Crippen LogP contribution in [-0.4, -0.2) is 47.2 Å². The molecule has 1 aromatic rings. The predicted octanol–water partition coefficient (Wildman–Crippen LogP) is 5.24. The van der Waals surface area contributed by atoms with Gasteiger partial charge in [0, 0.05) is 30.7 Å². The molecule has 0 saturated carbocycles. The number of nitrogens with one attached hydrogen (secondary N) is 1. The highest BCUT2D eigenvalue weighted by molar-refractivity contribution is 9.09. The minimum absolute atomic E-state index is 0.0281. The molecule has 0 radical (unpaired) electrons. The van der Waals surface area contributed by atoms with E-state index in [0.717, 1.165) is 24.6 Å². The summed E-state index contributed by atoms with van der Waals surface area (Å²) in [7, 11) is 0. The maximum absolute atomic E-state index is 12.6. The van der Waals surface area contributed by atoms with E-state index in [9.17, 15) is 14.4 Å². The molecule has 0 aliphatic carbocycles. The molecule has 1 amide bonds. The molecule has 0 spiro atoms. The molecule has 7 nitrogen and oxygen atoms in total. The summed E-state index contributed by atoms with van der Waals surface area (Å²) in [5.41, 5.74) is -1.85. The summed E-state index contributed by atoms with van der Waals surface area (Å²) < 4.78 is 16.7. The SMILES string of the molecule is CC(CBr)C(C)C(=O)CCOC(C)(C)C(=O)CCCCCOC(C)(C)C(=O)NCc1ccco1. The van der Waals surface area contributed by atoms with Crippen molar-refractivity contribution < 1.29 is 28.3 Å². The van der Waals surface area contributed by atoms with E-state index < -0.39 is 11.2 Å². The molecule has 0 saturated heterocycles. The van der Waals surface area contributed by atoms with Gasteiger partial charge in [0.2, 0.25) is 0 Å². The number of ketones is 2. The van der Waals surface area contributed by atoms with Crippen molar-refractivity contribution in [3.05, 3.63) is 24.2 Å². The molecule has 0 bridgehead atoms. The number of Topliss-reactive ketones (excluding diaryl/α,β-unsaturated/α-hetero) is 2. The minimum Gasteiger partial charge on any atom is -0.467 e. The summed E-state index contributed by atoms with van der Waals surface area (Å²) in [6.07, 6.45) is 4.57. The van der Waals surface area contributed by atoms with Crippen molar-refractivity contribution in [2.45, 2.75) is 91.4 Å². The number of amides is 1. The fourth-order valence-corrected chi connectivity index (χ4v) is 3.78. The first-order valence-corrected chi connectivity index (χ1v) is 13.2. The monoisotopic (exact) mass is 543 g/mol. The minimum atomic E-state index is -0.945. The number of rotatable bonds is 18. The van der Waals surface area contributed by atoms with Crippen LogP contribution in [0.3, 0.4) is 0 Å². The quantitative estimate of drug-likeness (QED) is 0.201. The first-order chi connectivity index (χ1) is 15.9. The lowest BCUT2D eigenvalue weighted by Gasteiger charge is -2.25. The summed E-state index contributed by atoms with van der Waals surface area (Å²) in [5, 5.41) is 3.59. The van der Waals surface area contributed by atoms with Crippen molar-refractivity contribution in [3.63, 3.8) is 0 Å². The lowest BCUT2D eigenvalue weighted by atomic mass is 9.92. The van der Waals surface area contributed by atoms with E-state index in [1.807, 2.05) is 13.8 Å². The van der Waals surface area contributed by atoms with E-state index in [1.54, 1.807) is 46.1 Å². The van der Waals surface area contributed by atoms with E-state index in [1.165, 1.54) is 0 Å². The third kappa shape index (κ3) is 10.8. The molecule has 1 aromatic heterocycles. The number of furan rings is 1. The van der Waals surface area contributed by atoms with E-state index >= 15 is 0 Å². The fourth-order valence-electron chi connectivity index (χ4n) is 3.22. The number of halogens is 1. The Bertz CT molecular complexity index is 759. The number of hydrogen-bond acceptors (Lipinski definition) is 6. The van der Waals surface area contributed by atoms with Gasteiger partial charge >= 0.3 is 0 Å². The zero-order valence-corrected chi connectivity index (χ0v) is 23.2. The van der Waals surface area contributed by atoms with Crippen molar-refractivity contribution in [1.29, 1.82) is 0 Å². The Hall–Kier alpha value is -1.51. The van der Waals surface area contributed by atoms with Crippen LogP contribution in [0.25, 0.3) is 0 Å². The Morgan fingerprint density at radius 2 is 1.68 bits per heavy atom. The number of hydrogen-bond donors (Lipinski definition) is 1. The smallest absolute Gasteiger partial charge is 0.252 e. The van der Waals surface area contributed by atoms with Crippen LogP contribution in [0.5, 0.6) is 0 Å². The summed E-state index contributed by atoms with van der Waals surface area (Å²) in [6, 6.07) is 3.57. The maximum Gasteiger partial charge on any atom is 0.252 e. The van der Waals surface area contributed by atoms with Gasteiger partial charge in [-0.3, -0.25) is 14.4 Å². The zero-order chi connectivity index (χ0) is 25.8. The Morgan fingerprint density at radius 1 is 1.00 bits per heavy atom. The topological polar surface area (TPSA) is 94.8 Å². The van der Waals surface area contributed by atoms with E-state index in [2.05, 4.69) is 21.2 Å². The van der Waals surface area contributed by atoms with Gasteiger partial charge in [0.15, 0.2) is 5.78 Å². The number of carbonyl (C=O) groups excluding carboxylic acids is 3. The largest absolute Gasteiger partial charge is 0.467 e. The number of alkyl halides is 1. The second-order valence-electron chi connectivity index (χ2n) is 9.85. The molecule has 194 valence electrons. The Labute approximate surface area is 212 Å². The lowest BCUT2D eigenvalue weighted by molar-refractivity contribution is -0.143. The molecule has 8 heteroatoms. The molecule has 2 atom stereocenters. The molecule has 0 aliphatic heterocycles. The van der Waals surface area contributed by atoms with Gasteiger partial charge in [-0.25, -0.2) is 0 Å². The van der Waals surface area contributed by atoms with Crippen molar-refractivity contribution >= 4 is 33.4 Å². The molecule has 0 aromatic carbocycles. The van der Waals surface area contributed by atoms with Crippen LogP contribution in [0.1, 0.15) is 79.4 Å². The number of ether oxygens (including phenoxy) is 2. The van der Waals surface area contributed by atoms with Crippen LogP contribution in [0, 0.1) is 11.8 Å². The molecular weight excluding hydrogens is 502 g/mol.